The zero-order valence-corrected chi connectivity index (χ0v) is 16.0. The van der Waals surface area contributed by atoms with Crippen LogP contribution in [-0.2, 0) is 16.6 Å². The van der Waals surface area contributed by atoms with E-state index < -0.39 is 26.6 Å². The maximum atomic E-state index is 14.0. The Bertz CT molecular complexity index is 1080. The first kappa shape index (κ1) is 19.2. The highest BCUT2D eigenvalue weighted by Crippen LogP contribution is 2.24. The molecule has 0 aliphatic carbocycles. The molecule has 0 amide bonds. The van der Waals surface area contributed by atoms with Gasteiger partial charge in [0.25, 0.3) is 0 Å². The van der Waals surface area contributed by atoms with Crippen LogP contribution in [0.15, 0.2) is 53.4 Å². The van der Waals surface area contributed by atoms with E-state index in [9.17, 15) is 17.2 Å². The Morgan fingerprint density at radius 1 is 1.07 bits per heavy atom. The molecule has 3 aromatic rings. The molecule has 0 aliphatic rings. The normalized spacial score (nSPS) is 11.9. The van der Waals surface area contributed by atoms with Gasteiger partial charge in [-0.2, -0.15) is 9.40 Å². The molecule has 0 spiro atoms. The quantitative estimate of drug-likeness (QED) is 0.668. The number of para-hydroxylation sites is 1. The molecule has 0 aliphatic heterocycles. The van der Waals surface area contributed by atoms with Gasteiger partial charge in [0.1, 0.15) is 16.5 Å². The lowest BCUT2D eigenvalue weighted by Gasteiger charge is -2.18. The lowest BCUT2D eigenvalue weighted by molar-refractivity contribution is 0.457. The van der Waals surface area contributed by atoms with Gasteiger partial charge in [-0.1, -0.05) is 18.2 Å². The molecule has 27 heavy (non-hydrogen) atoms. The molecule has 0 radical (unpaired) electrons. The Kier molecular flexibility index (Phi) is 5.12. The largest absolute Gasteiger partial charge is 0.246 e. The fraction of sp³-hybridized carbons (Fsp3) is 0.211. The molecule has 0 unspecified atom stereocenters. The van der Waals surface area contributed by atoms with Gasteiger partial charge >= 0.3 is 0 Å². The first-order valence-corrected chi connectivity index (χ1v) is 9.67. The summed E-state index contributed by atoms with van der Waals surface area (Å²) in [6.45, 7) is 3.66. The molecule has 2 aromatic carbocycles. The number of halogens is 2. The summed E-state index contributed by atoms with van der Waals surface area (Å²) in [5.74, 6) is -1.94. The van der Waals surface area contributed by atoms with E-state index in [-0.39, 0.29) is 6.54 Å². The summed E-state index contributed by atoms with van der Waals surface area (Å²) in [6, 6.07) is 11.9. The number of hydrogen-bond donors (Lipinski definition) is 0. The molecule has 0 fully saturated rings. The average molecular weight is 391 g/mol. The van der Waals surface area contributed by atoms with Crippen molar-refractivity contribution >= 4 is 10.0 Å². The minimum absolute atomic E-state index is 0.0175. The van der Waals surface area contributed by atoms with Crippen molar-refractivity contribution in [2.75, 3.05) is 7.05 Å². The Morgan fingerprint density at radius 2 is 1.74 bits per heavy atom. The first-order valence-electron chi connectivity index (χ1n) is 8.23. The lowest BCUT2D eigenvalue weighted by atomic mass is 10.2. The van der Waals surface area contributed by atoms with Crippen molar-refractivity contribution in [2.24, 2.45) is 0 Å². The molecule has 8 heteroatoms. The second kappa shape index (κ2) is 7.21. The minimum Gasteiger partial charge on any atom is -0.238 e. The fourth-order valence-corrected chi connectivity index (χ4v) is 4.06. The van der Waals surface area contributed by atoms with Crippen LogP contribution in [0.3, 0.4) is 0 Å². The zero-order chi connectivity index (χ0) is 19.8. The van der Waals surface area contributed by atoms with Crippen molar-refractivity contribution in [1.29, 1.82) is 0 Å². The van der Waals surface area contributed by atoms with Crippen LogP contribution in [0.2, 0.25) is 0 Å². The van der Waals surface area contributed by atoms with Crippen molar-refractivity contribution in [3.8, 4) is 5.69 Å². The summed E-state index contributed by atoms with van der Waals surface area (Å²) >= 11 is 0. The van der Waals surface area contributed by atoms with E-state index in [0.29, 0.717) is 11.8 Å². The highest BCUT2D eigenvalue weighted by molar-refractivity contribution is 7.89. The number of rotatable bonds is 5. The summed E-state index contributed by atoms with van der Waals surface area (Å²) in [7, 11) is -2.76. The number of sulfonamides is 1. The van der Waals surface area contributed by atoms with Gasteiger partial charge in [-0.25, -0.2) is 21.9 Å². The third-order valence-corrected chi connectivity index (χ3v) is 6.24. The Hall–Kier alpha value is -2.58. The van der Waals surface area contributed by atoms with Crippen LogP contribution in [0.4, 0.5) is 8.78 Å². The standard InChI is InChI=1S/C19H19F2N3O2S/c1-13-17(14(2)24(22-13)16-7-5-4-6-8-16)12-23(3)27(25,26)19-10-9-15(20)11-18(19)21/h4-11H,12H2,1-3H3. The minimum atomic E-state index is -4.12. The number of aromatic nitrogens is 2. The molecule has 0 saturated carbocycles. The highest BCUT2D eigenvalue weighted by atomic mass is 32.2. The van der Waals surface area contributed by atoms with Gasteiger partial charge in [0.15, 0.2) is 0 Å². The molecule has 5 nitrogen and oxygen atoms in total. The third kappa shape index (κ3) is 3.63. The number of hydrogen-bond acceptors (Lipinski definition) is 3. The van der Waals surface area contributed by atoms with E-state index in [2.05, 4.69) is 5.10 Å². The summed E-state index contributed by atoms with van der Waals surface area (Å²) in [5.41, 5.74) is 3.06. The van der Waals surface area contributed by atoms with E-state index in [1.54, 1.807) is 11.6 Å². The summed E-state index contributed by atoms with van der Waals surface area (Å²) in [5, 5.41) is 4.49. The van der Waals surface area contributed by atoms with Gasteiger partial charge in [-0.3, -0.25) is 0 Å². The second-order valence-electron chi connectivity index (χ2n) is 6.23. The van der Waals surface area contributed by atoms with Crippen molar-refractivity contribution in [1.82, 2.24) is 14.1 Å². The van der Waals surface area contributed by atoms with Crippen molar-refractivity contribution in [3.05, 3.63) is 77.1 Å². The topological polar surface area (TPSA) is 55.2 Å². The van der Waals surface area contributed by atoms with Gasteiger partial charge in [0, 0.05) is 30.9 Å². The van der Waals surface area contributed by atoms with Crippen LogP contribution >= 0.6 is 0 Å². The highest BCUT2D eigenvalue weighted by Gasteiger charge is 2.27. The Balaban J connectivity index is 1.94. The van der Waals surface area contributed by atoms with Gasteiger partial charge in [0.2, 0.25) is 10.0 Å². The number of nitrogens with zero attached hydrogens (tertiary/aromatic N) is 3. The van der Waals surface area contributed by atoms with Crippen molar-refractivity contribution in [3.63, 3.8) is 0 Å². The molecule has 0 N–H and O–H groups in total. The monoisotopic (exact) mass is 391 g/mol. The molecule has 3 rings (SSSR count). The molecule has 142 valence electrons. The van der Waals surface area contributed by atoms with Crippen molar-refractivity contribution < 1.29 is 17.2 Å². The van der Waals surface area contributed by atoms with Crippen LogP contribution < -0.4 is 0 Å². The maximum absolute atomic E-state index is 14.0. The van der Waals surface area contributed by atoms with Crippen LogP contribution in [0.25, 0.3) is 5.69 Å². The molecule has 0 atom stereocenters. The maximum Gasteiger partial charge on any atom is 0.246 e. The van der Waals surface area contributed by atoms with Gasteiger partial charge in [0.05, 0.1) is 11.4 Å². The smallest absolute Gasteiger partial charge is 0.238 e. The van der Waals surface area contributed by atoms with Gasteiger partial charge in [-0.05, 0) is 38.1 Å². The average Bonchev–Trinajstić information content (AvgIpc) is 2.90. The van der Waals surface area contributed by atoms with E-state index in [1.165, 1.54) is 7.05 Å². The number of aryl methyl sites for hydroxylation is 1. The van der Waals surface area contributed by atoms with Crippen LogP contribution in [0.1, 0.15) is 17.0 Å². The first-order chi connectivity index (χ1) is 12.7. The molecular formula is C19H19F2N3O2S. The van der Waals surface area contributed by atoms with Gasteiger partial charge in [-0.15, -0.1) is 0 Å². The molecule has 0 saturated heterocycles. The Labute approximate surface area is 156 Å². The van der Waals surface area contributed by atoms with Crippen LogP contribution in [0.5, 0.6) is 0 Å². The number of benzene rings is 2. The summed E-state index contributed by atoms with van der Waals surface area (Å²) < 4.78 is 55.2. The third-order valence-electron chi connectivity index (χ3n) is 4.40. The summed E-state index contributed by atoms with van der Waals surface area (Å²) in [4.78, 5) is -0.558. The molecule has 1 aromatic heterocycles. The van der Waals surface area contributed by atoms with E-state index in [4.69, 9.17) is 0 Å². The van der Waals surface area contributed by atoms with E-state index >= 15 is 0 Å². The lowest BCUT2D eigenvalue weighted by Crippen LogP contribution is -2.27. The zero-order valence-electron chi connectivity index (χ0n) is 15.1. The SMILES string of the molecule is Cc1nn(-c2ccccc2)c(C)c1CN(C)S(=O)(=O)c1ccc(F)cc1F. The predicted octanol–water partition coefficient (Wildman–Crippen LogP) is 3.59. The molecule has 0 bridgehead atoms. The second-order valence-corrected chi connectivity index (χ2v) is 8.25. The summed E-state index contributed by atoms with van der Waals surface area (Å²) in [6.07, 6.45) is 0. The van der Waals surface area contributed by atoms with Crippen LogP contribution in [-0.4, -0.2) is 29.6 Å². The molecular weight excluding hydrogens is 372 g/mol. The predicted molar refractivity (Wildman–Crippen MR) is 98.0 cm³/mol. The van der Waals surface area contributed by atoms with Crippen molar-refractivity contribution in [2.45, 2.75) is 25.3 Å². The van der Waals surface area contributed by atoms with E-state index in [0.717, 1.165) is 33.4 Å². The van der Waals surface area contributed by atoms with E-state index in [1.807, 2.05) is 37.3 Å². The molecule has 1 heterocycles. The van der Waals surface area contributed by atoms with Gasteiger partial charge < -0.3 is 0 Å². The Morgan fingerprint density at radius 3 is 2.37 bits per heavy atom. The van der Waals surface area contributed by atoms with Crippen LogP contribution in [0, 0.1) is 25.5 Å². The fourth-order valence-electron chi connectivity index (χ4n) is 2.88.